The van der Waals surface area contributed by atoms with E-state index < -0.39 is 0 Å². The Balaban J connectivity index is 1.93. The average Bonchev–Trinajstić information content (AvgIpc) is 2.89. The second-order valence-electron chi connectivity index (χ2n) is 4.92. The second kappa shape index (κ2) is 5.36. The van der Waals surface area contributed by atoms with Gasteiger partial charge in [-0.15, -0.1) is 0 Å². The van der Waals surface area contributed by atoms with E-state index in [1.165, 1.54) is 0 Å². The molecule has 0 unspecified atom stereocenters. The third-order valence-corrected chi connectivity index (χ3v) is 3.37. The van der Waals surface area contributed by atoms with Crippen LogP contribution in [0.3, 0.4) is 0 Å². The zero-order valence-corrected chi connectivity index (χ0v) is 12.0. The molecule has 1 aromatic carbocycles. The van der Waals surface area contributed by atoms with E-state index in [0.29, 0.717) is 12.3 Å². The van der Waals surface area contributed by atoms with E-state index in [9.17, 15) is 0 Å². The van der Waals surface area contributed by atoms with Crippen molar-refractivity contribution in [2.45, 2.75) is 13.5 Å². The Labute approximate surface area is 122 Å². The van der Waals surface area contributed by atoms with Gasteiger partial charge in [-0.2, -0.15) is 5.10 Å². The van der Waals surface area contributed by atoms with Gasteiger partial charge in [-0.1, -0.05) is 12.1 Å². The Morgan fingerprint density at radius 3 is 2.67 bits per heavy atom. The highest BCUT2D eigenvalue weighted by atomic mass is 16.5. The first-order valence-corrected chi connectivity index (χ1v) is 6.67. The number of methoxy groups -OCH3 is 1. The van der Waals surface area contributed by atoms with Gasteiger partial charge >= 0.3 is 0 Å². The maximum Gasteiger partial charge on any atom is 0.118 e. The smallest absolute Gasteiger partial charge is 0.118 e. The van der Waals surface area contributed by atoms with Gasteiger partial charge in [-0.05, 0) is 24.6 Å². The summed E-state index contributed by atoms with van der Waals surface area (Å²) < 4.78 is 7.03. The number of hydrogen-bond acceptors (Lipinski definition) is 4. The standard InChI is InChI=1S/C16H16N4O/c1-11(17)15-8-18-7-13-10-20(19-16(13)15)9-12-3-5-14(21-2)6-4-12/h3-8,10,17H,9H2,1-2H3. The predicted molar refractivity (Wildman–Crippen MR) is 82.1 cm³/mol. The van der Waals surface area contributed by atoms with E-state index in [-0.39, 0.29) is 0 Å². The maximum atomic E-state index is 7.79. The number of benzene rings is 1. The largest absolute Gasteiger partial charge is 0.497 e. The Kier molecular flexibility index (Phi) is 3.39. The average molecular weight is 280 g/mol. The van der Waals surface area contributed by atoms with Crippen LogP contribution in [0, 0.1) is 5.41 Å². The summed E-state index contributed by atoms with van der Waals surface area (Å²) in [6.07, 6.45) is 5.42. The molecule has 0 spiro atoms. The van der Waals surface area contributed by atoms with Gasteiger partial charge in [-0.25, -0.2) is 0 Å². The summed E-state index contributed by atoms with van der Waals surface area (Å²) >= 11 is 0. The maximum absolute atomic E-state index is 7.79. The number of pyridine rings is 1. The fourth-order valence-corrected chi connectivity index (χ4v) is 2.27. The van der Waals surface area contributed by atoms with Crippen LogP contribution in [0.2, 0.25) is 0 Å². The molecule has 0 bridgehead atoms. The zero-order chi connectivity index (χ0) is 14.8. The van der Waals surface area contributed by atoms with Crippen molar-refractivity contribution in [3.05, 3.63) is 54.0 Å². The number of fused-ring (bicyclic) bond motifs is 1. The third-order valence-electron chi connectivity index (χ3n) is 3.37. The van der Waals surface area contributed by atoms with E-state index in [1.54, 1.807) is 26.4 Å². The molecule has 0 radical (unpaired) electrons. The lowest BCUT2D eigenvalue weighted by molar-refractivity contribution is 0.414. The van der Waals surface area contributed by atoms with Crippen LogP contribution in [0.1, 0.15) is 18.1 Å². The number of aromatic nitrogens is 3. The molecular weight excluding hydrogens is 264 g/mol. The highest BCUT2D eigenvalue weighted by Gasteiger charge is 2.08. The van der Waals surface area contributed by atoms with Crippen molar-refractivity contribution in [2.24, 2.45) is 0 Å². The molecule has 21 heavy (non-hydrogen) atoms. The molecule has 1 N–H and O–H groups in total. The summed E-state index contributed by atoms with van der Waals surface area (Å²) in [6, 6.07) is 7.92. The molecule has 0 atom stereocenters. The summed E-state index contributed by atoms with van der Waals surface area (Å²) in [4.78, 5) is 4.17. The molecule has 3 rings (SSSR count). The van der Waals surface area contributed by atoms with Gasteiger partial charge < -0.3 is 10.1 Å². The first-order valence-electron chi connectivity index (χ1n) is 6.67. The van der Waals surface area contributed by atoms with Crippen molar-refractivity contribution in [1.82, 2.24) is 14.8 Å². The molecule has 5 heteroatoms. The first kappa shape index (κ1) is 13.3. The molecule has 0 amide bonds. The van der Waals surface area contributed by atoms with Gasteiger partial charge in [-0.3, -0.25) is 9.67 Å². The number of rotatable bonds is 4. The Bertz CT molecular complexity index is 790. The van der Waals surface area contributed by atoms with Gasteiger partial charge in [0, 0.05) is 35.3 Å². The lowest BCUT2D eigenvalue weighted by atomic mass is 10.1. The molecule has 0 saturated heterocycles. The van der Waals surface area contributed by atoms with Crippen LogP contribution in [0.5, 0.6) is 5.75 Å². The molecule has 106 valence electrons. The van der Waals surface area contributed by atoms with E-state index >= 15 is 0 Å². The molecule has 3 aromatic rings. The minimum atomic E-state index is 0.475. The highest BCUT2D eigenvalue weighted by Crippen LogP contribution is 2.17. The van der Waals surface area contributed by atoms with Gasteiger partial charge in [0.05, 0.1) is 13.7 Å². The van der Waals surface area contributed by atoms with Crippen LogP contribution in [0.25, 0.3) is 10.9 Å². The molecule has 0 aliphatic carbocycles. The fourth-order valence-electron chi connectivity index (χ4n) is 2.27. The minimum Gasteiger partial charge on any atom is -0.497 e. The molecular formula is C16H16N4O. The Morgan fingerprint density at radius 1 is 1.24 bits per heavy atom. The third kappa shape index (κ3) is 2.63. The minimum absolute atomic E-state index is 0.475. The first-order chi connectivity index (χ1) is 10.2. The number of hydrogen-bond donors (Lipinski definition) is 1. The lowest BCUT2D eigenvalue weighted by Gasteiger charge is -2.03. The van der Waals surface area contributed by atoms with Gasteiger partial charge in [0.1, 0.15) is 11.3 Å². The number of nitrogens with one attached hydrogen (secondary N) is 1. The van der Waals surface area contributed by atoms with Gasteiger partial charge in [0.25, 0.3) is 0 Å². The van der Waals surface area contributed by atoms with Crippen molar-refractivity contribution in [3.8, 4) is 5.75 Å². The summed E-state index contributed by atoms with van der Waals surface area (Å²) in [5, 5.41) is 13.3. The predicted octanol–water partition coefficient (Wildman–Crippen LogP) is 2.88. The zero-order valence-electron chi connectivity index (χ0n) is 12.0. The molecule has 0 aliphatic heterocycles. The topological polar surface area (TPSA) is 63.8 Å². The summed E-state index contributed by atoms with van der Waals surface area (Å²) in [5.41, 5.74) is 3.22. The summed E-state index contributed by atoms with van der Waals surface area (Å²) in [6.45, 7) is 2.42. The van der Waals surface area contributed by atoms with Crippen molar-refractivity contribution < 1.29 is 4.74 Å². The molecule has 2 aromatic heterocycles. The number of ether oxygens (including phenoxy) is 1. The van der Waals surface area contributed by atoms with Gasteiger partial charge in [0.15, 0.2) is 0 Å². The molecule has 2 heterocycles. The molecule has 5 nitrogen and oxygen atoms in total. The van der Waals surface area contributed by atoms with Crippen molar-refractivity contribution in [1.29, 1.82) is 5.41 Å². The summed E-state index contributed by atoms with van der Waals surface area (Å²) in [7, 11) is 1.66. The fraction of sp³-hybridized carbons (Fsp3) is 0.188. The van der Waals surface area contributed by atoms with Crippen LogP contribution in [0.4, 0.5) is 0 Å². The molecule has 0 aliphatic rings. The Hall–Kier alpha value is -2.69. The molecule has 0 saturated carbocycles. The van der Waals surface area contributed by atoms with E-state index in [2.05, 4.69) is 10.1 Å². The lowest BCUT2D eigenvalue weighted by Crippen LogP contribution is -2.01. The normalized spacial score (nSPS) is 10.8. The van der Waals surface area contributed by atoms with Crippen LogP contribution in [-0.2, 0) is 6.54 Å². The quantitative estimate of drug-likeness (QED) is 0.747. The SMILES string of the molecule is COc1ccc(Cn2cc3cncc(C(C)=N)c3n2)cc1. The van der Waals surface area contributed by atoms with Crippen LogP contribution >= 0.6 is 0 Å². The van der Waals surface area contributed by atoms with Crippen LogP contribution in [-0.4, -0.2) is 27.6 Å². The van der Waals surface area contributed by atoms with Crippen LogP contribution < -0.4 is 4.74 Å². The van der Waals surface area contributed by atoms with E-state index in [4.69, 9.17) is 10.1 Å². The van der Waals surface area contributed by atoms with Crippen molar-refractivity contribution in [2.75, 3.05) is 7.11 Å². The summed E-state index contributed by atoms with van der Waals surface area (Å²) in [5.74, 6) is 0.843. The Morgan fingerprint density at radius 2 is 2.00 bits per heavy atom. The highest BCUT2D eigenvalue weighted by molar-refractivity contribution is 6.06. The molecule has 0 fully saturated rings. The van der Waals surface area contributed by atoms with Crippen molar-refractivity contribution in [3.63, 3.8) is 0 Å². The number of nitrogens with zero attached hydrogens (tertiary/aromatic N) is 3. The van der Waals surface area contributed by atoms with E-state index in [1.807, 2.05) is 35.1 Å². The van der Waals surface area contributed by atoms with Crippen molar-refractivity contribution >= 4 is 16.6 Å². The second-order valence-corrected chi connectivity index (χ2v) is 4.92. The monoisotopic (exact) mass is 280 g/mol. The van der Waals surface area contributed by atoms with Gasteiger partial charge in [0.2, 0.25) is 0 Å². The van der Waals surface area contributed by atoms with E-state index in [0.717, 1.165) is 27.8 Å². The van der Waals surface area contributed by atoms with Crippen LogP contribution in [0.15, 0.2) is 42.9 Å².